The third-order valence-corrected chi connectivity index (χ3v) is 3.48. The molecule has 0 radical (unpaired) electrons. The van der Waals surface area contributed by atoms with Crippen LogP contribution < -0.4 is 0 Å². The molecule has 0 aliphatic heterocycles. The molecule has 1 aromatic rings. The minimum atomic E-state index is -1.07. The number of para-hydroxylation sites is 1. The van der Waals surface area contributed by atoms with Crippen molar-refractivity contribution in [2.45, 2.75) is 31.1 Å². The Labute approximate surface area is 98.2 Å². The molecule has 0 amide bonds. The first-order valence-corrected chi connectivity index (χ1v) is 5.55. The van der Waals surface area contributed by atoms with Crippen molar-refractivity contribution in [3.05, 3.63) is 39.9 Å². The Morgan fingerprint density at radius 3 is 2.41 bits per heavy atom. The molecule has 0 spiro atoms. The quantitative estimate of drug-likeness (QED) is 0.644. The number of carbonyl (C=O) groups is 1. The molecule has 2 rings (SSSR count). The fourth-order valence-electron chi connectivity index (χ4n) is 2.61. The van der Waals surface area contributed by atoms with Crippen molar-refractivity contribution in [1.82, 2.24) is 0 Å². The van der Waals surface area contributed by atoms with E-state index < -0.39 is 16.3 Å². The molecule has 0 atom stereocenters. The number of nitro groups is 1. The van der Waals surface area contributed by atoms with E-state index in [-0.39, 0.29) is 5.69 Å². The highest BCUT2D eigenvalue weighted by Gasteiger charge is 2.46. The van der Waals surface area contributed by atoms with Crippen molar-refractivity contribution in [2.75, 3.05) is 0 Å². The highest BCUT2D eigenvalue weighted by molar-refractivity contribution is 5.83. The van der Waals surface area contributed by atoms with Gasteiger partial charge in [-0.1, -0.05) is 31.0 Å². The van der Waals surface area contributed by atoms with E-state index >= 15 is 0 Å². The van der Waals surface area contributed by atoms with Crippen LogP contribution in [0.1, 0.15) is 31.2 Å². The molecule has 0 saturated heterocycles. The fourth-order valence-corrected chi connectivity index (χ4v) is 2.61. The van der Waals surface area contributed by atoms with E-state index in [0.717, 1.165) is 12.8 Å². The number of rotatable bonds is 3. The van der Waals surface area contributed by atoms with E-state index in [1.54, 1.807) is 18.2 Å². The maximum Gasteiger partial charge on any atom is 0.314 e. The predicted octanol–water partition coefficient (Wildman–Crippen LogP) is 2.49. The van der Waals surface area contributed by atoms with Gasteiger partial charge in [0, 0.05) is 11.6 Å². The molecule has 1 saturated carbocycles. The summed E-state index contributed by atoms with van der Waals surface area (Å²) in [4.78, 5) is 21.9. The second kappa shape index (κ2) is 4.16. The summed E-state index contributed by atoms with van der Waals surface area (Å²) in [6.45, 7) is 0. The molecule has 5 heteroatoms. The summed E-state index contributed by atoms with van der Waals surface area (Å²) < 4.78 is 0. The Kier molecular flexibility index (Phi) is 2.83. The molecule has 1 aliphatic rings. The van der Waals surface area contributed by atoms with Crippen LogP contribution in [0.3, 0.4) is 0 Å². The number of hydrogen-bond donors (Lipinski definition) is 1. The predicted molar refractivity (Wildman–Crippen MR) is 60.9 cm³/mol. The smallest absolute Gasteiger partial charge is 0.314 e. The van der Waals surface area contributed by atoms with Gasteiger partial charge in [0.05, 0.1) is 10.3 Å². The second-order valence-electron chi connectivity index (χ2n) is 4.37. The molecule has 0 aromatic heterocycles. The summed E-state index contributed by atoms with van der Waals surface area (Å²) in [5, 5.41) is 20.4. The van der Waals surface area contributed by atoms with E-state index in [1.807, 2.05) is 0 Å². The van der Waals surface area contributed by atoms with Gasteiger partial charge in [0.15, 0.2) is 0 Å². The van der Waals surface area contributed by atoms with Crippen LogP contribution in [-0.4, -0.2) is 16.0 Å². The van der Waals surface area contributed by atoms with Crippen molar-refractivity contribution in [3.63, 3.8) is 0 Å². The number of carboxylic acid groups (broad SMARTS) is 1. The average molecular weight is 235 g/mol. The first kappa shape index (κ1) is 11.6. The zero-order valence-electron chi connectivity index (χ0n) is 9.26. The third kappa shape index (κ3) is 1.77. The van der Waals surface area contributed by atoms with E-state index in [1.165, 1.54) is 6.07 Å². The first-order chi connectivity index (χ1) is 8.08. The molecule has 17 heavy (non-hydrogen) atoms. The molecule has 0 unspecified atom stereocenters. The molecule has 1 aromatic carbocycles. The molecule has 1 N–H and O–H groups in total. The van der Waals surface area contributed by atoms with Gasteiger partial charge >= 0.3 is 5.97 Å². The molecule has 0 heterocycles. The zero-order chi connectivity index (χ0) is 12.5. The molecule has 0 bridgehead atoms. The van der Waals surface area contributed by atoms with Crippen LogP contribution >= 0.6 is 0 Å². The van der Waals surface area contributed by atoms with Gasteiger partial charge < -0.3 is 5.11 Å². The van der Waals surface area contributed by atoms with Crippen molar-refractivity contribution in [3.8, 4) is 0 Å². The molecule has 1 aliphatic carbocycles. The Bertz CT molecular complexity index is 463. The van der Waals surface area contributed by atoms with Gasteiger partial charge in [0.1, 0.15) is 0 Å². The van der Waals surface area contributed by atoms with Gasteiger partial charge in [-0.25, -0.2) is 0 Å². The zero-order valence-corrected chi connectivity index (χ0v) is 9.26. The maximum atomic E-state index is 11.5. The van der Waals surface area contributed by atoms with Crippen LogP contribution in [0, 0.1) is 10.1 Å². The molecule has 1 fully saturated rings. The third-order valence-electron chi connectivity index (χ3n) is 3.48. The summed E-state index contributed by atoms with van der Waals surface area (Å²) >= 11 is 0. The monoisotopic (exact) mass is 235 g/mol. The van der Waals surface area contributed by atoms with Gasteiger partial charge in [-0.05, 0) is 12.8 Å². The van der Waals surface area contributed by atoms with Gasteiger partial charge in [0.2, 0.25) is 0 Å². The lowest BCUT2D eigenvalue weighted by Crippen LogP contribution is -2.33. The Morgan fingerprint density at radius 1 is 1.29 bits per heavy atom. The van der Waals surface area contributed by atoms with Crippen LogP contribution in [0.4, 0.5) is 5.69 Å². The van der Waals surface area contributed by atoms with Gasteiger partial charge in [-0.15, -0.1) is 0 Å². The standard InChI is InChI=1S/C12H13NO4/c14-11(15)12(7-3-4-8-12)9-5-1-2-6-10(9)13(16)17/h1-2,5-6H,3-4,7-8H2,(H,14,15). The van der Waals surface area contributed by atoms with Gasteiger partial charge in [-0.3, -0.25) is 14.9 Å². The van der Waals surface area contributed by atoms with E-state index in [9.17, 15) is 20.0 Å². The average Bonchev–Trinajstić information content (AvgIpc) is 2.79. The van der Waals surface area contributed by atoms with E-state index in [4.69, 9.17) is 0 Å². The number of hydrogen-bond acceptors (Lipinski definition) is 3. The van der Waals surface area contributed by atoms with Crippen molar-refractivity contribution >= 4 is 11.7 Å². The minimum absolute atomic E-state index is 0.0863. The van der Waals surface area contributed by atoms with Crippen LogP contribution in [0.15, 0.2) is 24.3 Å². The lowest BCUT2D eigenvalue weighted by atomic mass is 9.78. The summed E-state index contributed by atoms with van der Waals surface area (Å²) in [7, 11) is 0. The highest BCUT2D eigenvalue weighted by atomic mass is 16.6. The SMILES string of the molecule is O=C(O)C1(c2ccccc2[N+](=O)[O-])CCCC1. The molecule has 5 nitrogen and oxygen atoms in total. The normalized spacial score (nSPS) is 17.9. The molecule has 90 valence electrons. The Hall–Kier alpha value is -1.91. The van der Waals surface area contributed by atoms with E-state index in [2.05, 4.69) is 0 Å². The van der Waals surface area contributed by atoms with Gasteiger partial charge in [-0.2, -0.15) is 0 Å². The van der Waals surface area contributed by atoms with Crippen LogP contribution in [0.5, 0.6) is 0 Å². The Balaban J connectivity index is 2.58. The Morgan fingerprint density at radius 2 is 1.88 bits per heavy atom. The van der Waals surface area contributed by atoms with Gasteiger partial charge in [0.25, 0.3) is 5.69 Å². The summed E-state index contributed by atoms with van der Waals surface area (Å²) in [5.41, 5.74) is -0.810. The largest absolute Gasteiger partial charge is 0.481 e. The van der Waals surface area contributed by atoms with Crippen LogP contribution in [0.2, 0.25) is 0 Å². The number of aliphatic carboxylic acids is 1. The number of carboxylic acids is 1. The summed E-state index contributed by atoms with van der Waals surface area (Å²) in [6.07, 6.45) is 2.57. The molecular formula is C12H13NO4. The first-order valence-electron chi connectivity index (χ1n) is 5.55. The lowest BCUT2D eigenvalue weighted by molar-refractivity contribution is -0.386. The lowest BCUT2D eigenvalue weighted by Gasteiger charge is -2.23. The second-order valence-corrected chi connectivity index (χ2v) is 4.37. The highest BCUT2D eigenvalue weighted by Crippen LogP contribution is 2.44. The summed E-state index contributed by atoms with van der Waals surface area (Å²) in [6, 6.07) is 6.16. The van der Waals surface area contributed by atoms with E-state index in [0.29, 0.717) is 18.4 Å². The number of benzene rings is 1. The van der Waals surface area contributed by atoms with Crippen molar-refractivity contribution < 1.29 is 14.8 Å². The number of nitrogens with zero attached hydrogens (tertiary/aromatic N) is 1. The topological polar surface area (TPSA) is 80.4 Å². The molecular weight excluding hydrogens is 222 g/mol. The van der Waals surface area contributed by atoms with Crippen LogP contribution in [-0.2, 0) is 10.2 Å². The van der Waals surface area contributed by atoms with Crippen molar-refractivity contribution in [2.24, 2.45) is 0 Å². The van der Waals surface area contributed by atoms with Crippen molar-refractivity contribution in [1.29, 1.82) is 0 Å². The number of nitro benzene ring substituents is 1. The van der Waals surface area contributed by atoms with Crippen LogP contribution in [0.25, 0.3) is 0 Å². The maximum absolute atomic E-state index is 11.5. The summed E-state index contributed by atoms with van der Waals surface area (Å²) in [5.74, 6) is -0.954. The minimum Gasteiger partial charge on any atom is -0.481 e. The fraction of sp³-hybridized carbons (Fsp3) is 0.417.